The molecule has 0 radical (unpaired) electrons. The van der Waals surface area contributed by atoms with E-state index in [0.29, 0.717) is 5.82 Å². The lowest BCUT2D eigenvalue weighted by Crippen LogP contribution is -1.97. The molecule has 71 heavy (non-hydrogen) atoms. The number of aromatic nitrogens is 4. The Labute approximate surface area is 410 Å². The maximum absolute atomic E-state index is 5.39. The molecule has 0 bridgehead atoms. The molecule has 0 N–H and O–H groups in total. The van der Waals surface area contributed by atoms with Crippen LogP contribution in [-0.4, -0.2) is 19.5 Å². The van der Waals surface area contributed by atoms with Crippen LogP contribution in [0.1, 0.15) is 0 Å². The monoisotopic (exact) mass is 902 g/mol. The molecule has 14 rings (SSSR count). The van der Waals surface area contributed by atoms with Crippen LogP contribution in [0.2, 0.25) is 0 Å². The smallest absolute Gasteiger partial charge is 0.160 e. The number of hydrogen-bond acceptors (Lipinski definition) is 3. The fourth-order valence-electron chi connectivity index (χ4n) is 10.9. The van der Waals surface area contributed by atoms with E-state index in [1.165, 1.54) is 54.4 Å². The molecule has 0 aliphatic carbocycles. The van der Waals surface area contributed by atoms with E-state index >= 15 is 0 Å². The average molecular weight is 903 g/mol. The van der Waals surface area contributed by atoms with Crippen LogP contribution in [0.5, 0.6) is 0 Å². The van der Waals surface area contributed by atoms with Gasteiger partial charge >= 0.3 is 0 Å². The number of hydrogen-bond donors (Lipinski definition) is 0. The molecule has 0 atom stereocenters. The van der Waals surface area contributed by atoms with Gasteiger partial charge in [-0.05, 0) is 125 Å². The van der Waals surface area contributed by atoms with Crippen molar-refractivity contribution < 1.29 is 0 Å². The largest absolute Gasteiger partial charge is 0.308 e. The second kappa shape index (κ2) is 16.6. The Bertz CT molecular complexity index is 4340. The van der Waals surface area contributed by atoms with Gasteiger partial charge in [-0.3, -0.25) is 4.98 Å². The van der Waals surface area contributed by atoms with Crippen LogP contribution in [0.3, 0.4) is 0 Å². The van der Waals surface area contributed by atoms with Gasteiger partial charge in [0.15, 0.2) is 5.82 Å². The number of fused-ring (bicyclic) bond motifs is 7. The predicted octanol–water partition coefficient (Wildman–Crippen LogP) is 17.6. The van der Waals surface area contributed by atoms with E-state index in [4.69, 9.17) is 15.0 Å². The van der Waals surface area contributed by atoms with Crippen molar-refractivity contribution in [3.63, 3.8) is 0 Å². The van der Waals surface area contributed by atoms with Gasteiger partial charge in [0, 0.05) is 34.0 Å². The van der Waals surface area contributed by atoms with Crippen LogP contribution < -0.4 is 0 Å². The number of nitrogens with zero attached hydrogens (tertiary/aromatic N) is 4. The third-order valence-corrected chi connectivity index (χ3v) is 14.2. The van der Waals surface area contributed by atoms with Crippen molar-refractivity contribution in [3.05, 3.63) is 255 Å². The SMILES string of the molecule is c1ccc(-c2c3ccccc3c(-c3ccc(-c4cc(-c5cccc6ccccc56)nc(-c5cccc(-c6ccc7c(c6)c6ncccc6n7-c6ccc7ccccc7c6)c5)n4)cc3)c3ccccc23)cc1. The van der Waals surface area contributed by atoms with Crippen molar-refractivity contribution in [2.75, 3.05) is 0 Å². The van der Waals surface area contributed by atoms with Crippen LogP contribution in [0.25, 0.3) is 138 Å². The Hall–Kier alpha value is -9.51. The molecule has 14 aromatic rings. The molecule has 330 valence electrons. The molecule has 0 saturated heterocycles. The highest BCUT2D eigenvalue weighted by atomic mass is 15.0. The Kier molecular flexibility index (Phi) is 9.49. The first kappa shape index (κ1) is 40.5. The minimum absolute atomic E-state index is 0.667. The summed E-state index contributed by atoms with van der Waals surface area (Å²) in [6, 6.07) is 89.2. The first-order valence-corrected chi connectivity index (χ1v) is 24.2. The fraction of sp³-hybridized carbons (Fsp3) is 0. The van der Waals surface area contributed by atoms with Crippen LogP contribution >= 0.6 is 0 Å². The molecule has 4 nitrogen and oxygen atoms in total. The summed E-state index contributed by atoms with van der Waals surface area (Å²) >= 11 is 0. The molecule has 0 aliphatic rings. The van der Waals surface area contributed by atoms with E-state index in [0.717, 1.165) is 77.8 Å². The van der Waals surface area contributed by atoms with Gasteiger partial charge in [0.1, 0.15) is 0 Å². The number of rotatable bonds is 7. The van der Waals surface area contributed by atoms with Crippen molar-refractivity contribution >= 4 is 65.0 Å². The van der Waals surface area contributed by atoms with Gasteiger partial charge in [0.2, 0.25) is 0 Å². The summed E-state index contributed by atoms with van der Waals surface area (Å²) in [7, 11) is 0. The maximum atomic E-state index is 5.39. The maximum Gasteiger partial charge on any atom is 0.160 e. The lowest BCUT2D eigenvalue weighted by molar-refractivity contribution is 1.18. The second-order valence-electron chi connectivity index (χ2n) is 18.3. The zero-order chi connectivity index (χ0) is 46.8. The zero-order valence-electron chi connectivity index (χ0n) is 38.5. The Balaban J connectivity index is 0.895. The van der Waals surface area contributed by atoms with E-state index in [2.05, 4.69) is 247 Å². The van der Waals surface area contributed by atoms with E-state index in [1.807, 2.05) is 12.3 Å². The summed E-state index contributed by atoms with van der Waals surface area (Å²) in [5, 5.41) is 10.8. The molecule has 11 aromatic carbocycles. The minimum Gasteiger partial charge on any atom is -0.308 e. The van der Waals surface area contributed by atoms with Crippen molar-refractivity contribution in [2.24, 2.45) is 0 Å². The molecular weight excluding hydrogens is 861 g/mol. The second-order valence-corrected chi connectivity index (χ2v) is 18.3. The van der Waals surface area contributed by atoms with Gasteiger partial charge in [-0.15, -0.1) is 0 Å². The average Bonchev–Trinajstić information content (AvgIpc) is 3.78. The van der Waals surface area contributed by atoms with Gasteiger partial charge in [-0.25, -0.2) is 9.97 Å². The quantitative estimate of drug-likeness (QED) is 0.150. The third kappa shape index (κ3) is 6.88. The molecule has 0 spiro atoms. The zero-order valence-corrected chi connectivity index (χ0v) is 38.5. The Morgan fingerprint density at radius 2 is 0.859 bits per heavy atom. The summed E-state index contributed by atoms with van der Waals surface area (Å²) in [4.78, 5) is 15.7. The van der Waals surface area contributed by atoms with E-state index in [1.54, 1.807) is 0 Å². The lowest BCUT2D eigenvalue weighted by atomic mass is 9.86. The van der Waals surface area contributed by atoms with Crippen LogP contribution in [-0.2, 0) is 0 Å². The highest BCUT2D eigenvalue weighted by molar-refractivity contribution is 6.21. The molecule has 0 fully saturated rings. The summed E-state index contributed by atoms with van der Waals surface area (Å²) in [6.45, 7) is 0. The molecule has 0 aliphatic heterocycles. The predicted molar refractivity (Wildman–Crippen MR) is 297 cm³/mol. The fourth-order valence-corrected chi connectivity index (χ4v) is 10.9. The Morgan fingerprint density at radius 3 is 1.62 bits per heavy atom. The summed E-state index contributed by atoms with van der Waals surface area (Å²) in [6.07, 6.45) is 1.89. The van der Waals surface area contributed by atoms with Gasteiger partial charge in [0.05, 0.1) is 27.9 Å². The molecule has 0 saturated carbocycles. The molecule has 3 aromatic heterocycles. The standard InChI is InChI=1S/C67H42N4/c1-2-17-46(18-3-1)64-55-24-8-10-26-57(55)65(58-27-11-9-25-56(58)64)47-32-30-45(31-33-47)60-42-61(54-28-13-20-44-16-6-7-23-53(44)54)70-67(69-60)51-22-12-21-48(39-51)50-35-37-62-59(41-50)66-63(29-14-38-68-66)71(62)52-36-34-43-15-4-5-19-49(43)40-52/h1-42H. The van der Waals surface area contributed by atoms with Crippen LogP contribution in [0.15, 0.2) is 255 Å². The normalized spacial score (nSPS) is 11.7. The molecular formula is C67H42N4. The highest BCUT2D eigenvalue weighted by Gasteiger charge is 2.19. The third-order valence-electron chi connectivity index (χ3n) is 14.2. The highest BCUT2D eigenvalue weighted by Crippen LogP contribution is 2.44. The van der Waals surface area contributed by atoms with Crippen LogP contribution in [0, 0.1) is 0 Å². The van der Waals surface area contributed by atoms with Crippen molar-refractivity contribution in [2.45, 2.75) is 0 Å². The summed E-state index contributed by atoms with van der Waals surface area (Å²) in [5.74, 6) is 0.667. The van der Waals surface area contributed by atoms with E-state index < -0.39 is 0 Å². The van der Waals surface area contributed by atoms with Gasteiger partial charge < -0.3 is 4.57 Å². The van der Waals surface area contributed by atoms with Crippen molar-refractivity contribution in [1.29, 1.82) is 0 Å². The van der Waals surface area contributed by atoms with Gasteiger partial charge in [-0.2, -0.15) is 0 Å². The first-order valence-electron chi connectivity index (χ1n) is 24.2. The van der Waals surface area contributed by atoms with Crippen molar-refractivity contribution in [3.8, 4) is 73.0 Å². The summed E-state index contributed by atoms with van der Waals surface area (Å²) in [5.41, 5.74) is 16.1. The molecule has 3 heterocycles. The topological polar surface area (TPSA) is 43.6 Å². The number of benzene rings is 11. The van der Waals surface area contributed by atoms with Gasteiger partial charge in [0.25, 0.3) is 0 Å². The van der Waals surface area contributed by atoms with E-state index in [9.17, 15) is 0 Å². The van der Waals surface area contributed by atoms with Gasteiger partial charge in [-0.1, -0.05) is 200 Å². The molecule has 4 heteroatoms. The number of pyridine rings is 1. The minimum atomic E-state index is 0.667. The van der Waals surface area contributed by atoms with Crippen LogP contribution in [0.4, 0.5) is 0 Å². The van der Waals surface area contributed by atoms with E-state index in [-0.39, 0.29) is 0 Å². The summed E-state index contributed by atoms with van der Waals surface area (Å²) < 4.78 is 2.33. The Morgan fingerprint density at radius 1 is 0.296 bits per heavy atom. The first-order chi connectivity index (χ1) is 35.2. The molecule has 0 unspecified atom stereocenters. The molecule has 0 amide bonds. The van der Waals surface area contributed by atoms with Crippen molar-refractivity contribution in [1.82, 2.24) is 19.5 Å². The lowest BCUT2D eigenvalue weighted by Gasteiger charge is -2.18.